The fraction of sp³-hybridized carbons (Fsp3) is 0.500. The Bertz CT molecular complexity index is 799. The topological polar surface area (TPSA) is 83.6 Å². The van der Waals surface area contributed by atoms with Gasteiger partial charge in [-0.3, -0.25) is 24.1 Å². The van der Waals surface area contributed by atoms with Gasteiger partial charge in [-0.15, -0.1) is 11.8 Å². The molecule has 1 saturated carbocycles. The van der Waals surface area contributed by atoms with Crippen molar-refractivity contribution >= 4 is 41.0 Å². The summed E-state index contributed by atoms with van der Waals surface area (Å²) in [5.74, 6) is -0.875. The average molecular weight is 388 g/mol. The Balaban J connectivity index is 1.76. The molecule has 0 atom stereocenters. The van der Waals surface area contributed by atoms with Crippen molar-refractivity contribution in [1.82, 2.24) is 4.90 Å². The summed E-state index contributed by atoms with van der Waals surface area (Å²) in [6.45, 7) is 1.21. The second-order valence-corrected chi connectivity index (χ2v) is 8.17. The predicted molar refractivity (Wildman–Crippen MR) is 104 cm³/mol. The Morgan fingerprint density at radius 2 is 1.89 bits per heavy atom. The lowest BCUT2D eigenvalue weighted by atomic mass is 9.73. The standard InChI is InChI=1S/C20H24N2O4S/c1-13(23)21-15-7-6-14(10-17(15)27-2)16(24)12-22-18(25)11-20(19(22)26)8-4-3-5-9-20/h6-7,10H,3-5,8-9,11-12H2,1-2H3,(H,21,23). The third kappa shape index (κ3) is 3.93. The summed E-state index contributed by atoms with van der Waals surface area (Å²) in [6.07, 6.45) is 6.59. The number of nitrogens with one attached hydrogen (secondary N) is 1. The molecule has 2 fully saturated rings. The van der Waals surface area contributed by atoms with Crippen molar-refractivity contribution in [2.75, 3.05) is 18.1 Å². The number of thioether (sulfide) groups is 1. The first-order valence-corrected chi connectivity index (χ1v) is 10.4. The van der Waals surface area contributed by atoms with E-state index in [4.69, 9.17) is 0 Å². The normalized spacial score (nSPS) is 18.8. The molecule has 0 unspecified atom stereocenters. The van der Waals surface area contributed by atoms with Crippen LogP contribution in [0.1, 0.15) is 55.8 Å². The minimum atomic E-state index is -0.574. The van der Waals surface area contributed by atoms with E-state index in [1.165, 1.54) is 18.7 Å². The van der Waals surface area contributed by atoms with Crippen LogP contribution in [0.4, 0.5) is 5.69 Å². The first-order valence-electron chi connectivity index (χ1n) is 9.20. The van der Waals surface area contributed by atoms with Crippen LogP contribution in [0.3, 0.4) is 0 Å². The number of hydrogen-bond acceptors (Lipinski definition) is 5. The number of imide groups is 1. The van der Waals surface area contributed by atoms with Gasteiger partial charge in [-0.05, 0) is 37.3 Å². The lowest BCUT2D eigenvalue weighted by Crippen LogP contribution is -2.39. The number of ketones is 1. The van der Waals surface area contributed by atoms with Crippen molar-refractivity contribution in [2.24, 2.45) is 5.41 Å². The minimum absolute atomic E-state index is 0.180. The highest BCUT2D eigenvalue weighted by atomic mass is 32.2. The zero-order valence-electron chi connectivity index (χ0n) is 15.7. The number of rotatable bonds is 5. The Morgan fingerprint density at radius 1 is 1.19 bits per heavy atom. The Hall–Kier alpha value is -2.15. The number of amides is 3. The van der Waals surface area contributed by atoms with Crippen LogP contribution in [0.15, 0.2) is 23.1 Å². The number of likely N-dealkylation sites (tertiary alicyclic amines) is 1. The second kappa shape index (κ2) is 7.84. The van der Waals surface area contributed by atoms with Gasteiger partial charge in [-0.2, -0.15) is 0 Å². The molecule has 0 aromatic heterocycles. The molecule has 1 aliphatic heterocycles. The van der Waals surface area contributed by atoms with Crippen LogP contribution >= 0.6 is 11.8 Å². The van der Waals surface area contributed by atoms with Gasteiger partial charge in [0.2, 0.25) is 17.7 Å². The van der Waals surface area contributed by atoms with Crippen LogP contribution in [0.25, 0.3) is 0 Å². The SMILES string of the molecule is CSc1cc(C(=O)CN2C(=O)CC3(CCCCC3)C2=O)ccc1NC(C)=O. The summed E-state index contributed by atoms with van der Waals surface area (Å²) < 4.78 is 0. The summed E-state index contributed by atoms with van der Waals surface area (Å²) in [6, 6.07) is 4.99. The first kappa shape index (κ1) is 19.6. The van der Waals surface area contributed by atoms with Gasteiger partial charge in [-0.25, -0.2) is 0 Å². The van der Waals surface area contributed by atoms with E-state index in [0.717, 1.165) is 41.9 Å². The van der Waals surface area contributed by atoms with Gasteiger partial charge in [0.05, 0.1) is 17.6 Å². The quantitative estimate of drug-likeness (QED) is 0.475. The number of anilines is 1. The highest BCUT2D eigenvalue weighted by molar-refractivity contribution is 7.98. The zero-order chi connectivity index (χ0) is 19.6. The van der Waals surface area contributed by atoms with Crippen LogP contribution in [0.2, 0.25) is 0 Å². The predicted octanol–water partition coefficient (Wildman–Crippen LogP) is 3.26. The van der Waals surface area contributed by atoms with E-state index >= 15 is 0 Å². The van der Waals surface area contributed by atoms with Gasteiger partial charge in [0.1, 0.15) is 0 Å². The molecule has 1 aliphatic carbocycles. The highest BCUT2D eigenvalue weighted by Gasteiger charge is 2.51. The molecule has 1 N–H and O–H groups in total. The van der Waals surface area contributed by atoms with Crippen molar-refractivity contribution in [1.29, 1.82) is 0 Å². The van der Waals surface area contributed by atoms with Crippen molar-refractivity contribution in [2.45, 2.75) is 50.3 Å². The average Bonchev–Trinajstić information content (AvgIpc) is 2.86. The molecular weight excluding hydrogens is 364 g/mol. The maximum absolute atomic E-state index is 12.9. The van der Waals surface area contributed by atoms with E-state index in [9.17, 15) is 19.2 Å². The van der Waals surface area contributed by atoms with Gasteiger partial charge in [0.15, 0.2) is 5.78 Å². The molecule has 1 aromatic carbocycles. The van der Waals surface area contributed by atoms with Crippen LogP contribution < -0.4 is 5.32 Å². The summed E-state index contributed by atoms with van der Waals surface area (Å²) in [5.41, 5.74) is 0.495. The fourth-order valence-corrected chi connectivity index (χ4v) is 4.62. The molecule has 0 bridgehead atoms. The summed E-state index contributed by atoms with van der Waals surface area (Å²) in [7, 11) is 0. The molecule has 1 aromatic rings. The van der Waals surface area contributed by atoms with Crippen LogP contribution in [-0.2, 0) is 14.4 Å². The lowest BCUT2D eigenvalue weighted by Gasteiger charge is -2.30. The number of Topliss-reactive ketones (excluding diaryl/α,β-unsaturated/α-hetero) is 1. The van der Waals surface area contributed by atoms with Crippen LogP contribution in [0.5, 0.6) is 0 Å². The molecule has 144 valence electrons. The second-order valence-electron chi connectivity index (χ2n) is 7.32. The fourth-order valence-electron chi connectivity index (χ4n) is 4.03. The van der Waals surface area contributed by atoms with E-state index in [-0.39, 0.29) is 36.5 Å². The molecule has 6 nitrogen and oxygen atoms in total. The molecule has 0 radical (unpaired) electrons. The summed E-state index contributed by atoms with van der Waals surface area (Å²) in [4.78, 5) is 51.2. The largest absolute Gasteiger partial charge is 0.325 e. The molecule has 1 heterocycles. The highest BCUT2D eigenvalue weighted by Crippen LogP contribution is 2.45. The van der Waals surface area contributed by atoms with Crippen molar-refractivity contribution in [3.8, 4) is 0 Å². The summed E-state index contributed by atoms with van der Waals surface area (Å²) >= 11 is 1.42. The molecule has 3 rings (SSSR count). The van der Waals surface area contributed by atoms with E-state index in [0.29, 0.717) is 11.3 Å². The molecular formula is C20H24N2O4S. The number of hydrogen-bond donors (Lipinski definition) is 1. The lowest BCUT2D eigenvalue weighted by molar-refractivity contribution is -0.141. The molecule has 7 heteroatoms. The van der Waals surface area contributed by atoms with Gasteiger partial charge in [0.25, 0.3) is 0 Å². The van der Waals surface area contributed by atoms with Gasteiger partial charge in [-0.1, -0.05) is 19.3 Å². The Labute approximate surface area is 163 Å². The number of carbonyl (C=O) groups is 4. The van der Waals surface area contributed by atoms with E-state index in [1.54, 1.807) is 18.2 Å². The number of nitrogens with zero attached hydrogens (tertiary/aromatic N) is 1. The first-order chi connectivity index (χ1) is 12.9. The van der Waals surface area contributed by atoms with E-state index < -0.39 is 5.41 Å². The van der Waals surface area contributed by atoms with E-state index in [1.807, 2.05) is 6.26 Å². The smallest absolute Gasteiger partial charge is 0.236 e. The maximum Gasteiger partial charge on any atom is 0.236 e. The maximum atomic E-state index is 12.9. The third-order valence-corrected chi connectivity index (χ3v) is 6.21. The Morgan fingerprint density at radius 3 is 2.52 bits per heavy atom. The molecule has 27 heavy (non-hydrogen) atoms. The molecule has 3 amide bonds. The van der Waals surface area contributed by atoms with Crippen molar-refractivity contribution in [3.05, 3.63) is 23.8 Å². The number of benzene rings is 1. The Kier molecular flexibility index (Phi) is 5.69. The summed E-state index contributed by atoms with van der Waals surface area (Å²) in [5, 5.41) is 2.73. The zero-order valence-corrected chi connectivity index (χ0v) is 16.5. The minimum Gasteiger partial charge on any atom is -0.325 e. The van der Waals surface area contributed by atoms with Crippen molar-refractivity contribution in [3.63, 3.8) is 0 Å². The van der Waals surface area contributed by atoms with Crippen LogP contribution in [-0.4, -0.2) is 41.2 Å². The number of carbonyl (C=O) groups excluding carboxylic acids is 4. The molecule has 1 saturated heterocycles. The van der Waals surface area contributed by atoms with E-state index in [2.05, 4.69) is 5.32 Å². The molecule has 2 aliphatic rings. The van der Waals surface area contributed by atoms with Crippen LogP contribution in [0, 0.1) is 5.41 Å². The van der Waals surface area contributed by atoms with Gasteiger partial charge >= 0.3 is 0 Å². The van der Waals surface area contributed by atoms with Gasteiger partial charge in [0, 0.05) is 23.8 Å². The molecule has 1 spiro atoms. The van der Waals surface area contributed by atoms with Crippen molar-refractivity contribution < 1.29 is 19.2 Å². The monoisotopic (exact) mass is 388 g/mol. The third-order valence-electron chi connectivity index (χ3n) is 5.44. The van der Waals surface area contributed by atoms with Gasteiger partial charge < -0.3 is 5.32 Å².